The van der Waals surface area contributed by atoms with Crippen molar-refractivity contribution in [3.63, 3.8) is 0 Å². The zero-order valence-corrected chi connectivity index (χ0v) is 20.0. The summed E-state index contributed by atoms with van der Waals surface area (Å²) in [6.07, 6.45) is -18.5. The van der Waals surface area contributed by atoms with Crippen molar-refractivity contribution >= 4 is 5.71 Å². The summed E-state index contributed by atoms with van der Waals surface area (Å²) in [7, 11) is 0. The van der Waals surface area contributed by atoms with Gasteiger partial charge in [0.25, 0.3) is 5.60 Å². The van der Waals surface area contributed by atoms with Crippen LogP contribution in [0.4, 0.5) is 43.9 Å². The molecule has 0 bridgehead atoms. The maximum absolute atomic E-state index is 15.2. The number of alkyl halides is 10. The van der Waals surface area contributed by atoms with Gasteiger partial charge in [0.05, 0.1) is 16.8 Å². The Morgan fingerprint density at radius 1 is 0.923 bits per heavy atom. The molecule has 2 aliphatic rings. The van der Waals surface area contributed by atoms with Crippen molar-refractivity contribution in [2.24, 2.45) is 5.16 Å². The minimum absolute atomic E-state index is 0.000333. The highest BCUT2D eigenvalue weighted by molar-refractivity contribution is 6.01. The van der Waals surface area contributed by atoms with E-state index < -0.39 is 65.0 Å². The number of nitrogens with one attached hydrogen (secondary N) is 1. The van der Waals surface area contributed by atoms with Gasteiger partial charge in [-0.2, -0.15) is 39.5 Å². The molecule has 0 saturated carbocycles. The second-order valence-electron chi connectivity index (χ2n) is 9.30. The van der Waals surface area contributed by atoms with Crippen LogP contribution in [0.5, 0.6) is 0 Å². The molecule has 0 spiro atoms. The summed E-state index contributed by atoms with van der Waals surface area (Å²) in [5.74, 6) is 0. The van der Waals surface area contributed by atoms with Gasteiger partial charge in [0.15, 0.2) is 12.0 Å². The molecule has 2 heterocycles. The number of hydrogen-bond donors (Lipinski definition) is 2. The molecule has 15 heteroatoms. The molecule has 2 aromatic rings. The van der Waals surface area contributed by atoms with E-state index in [0.29, 0.717) is 6.54 Å². The first-order chi connectivity index (χ1) is 17.9. The average molecular weight is 573 g/mol. The Balaban J connectivity index is 1.62. The summed E-state index contributed by atoms with van der Waals surface area (Å²) in [6, 6.07) is 4.63. The Morgan fingerprint density at radius 2 is 1.46 bits per heavy atom. The first-order valence-electron chi connectivity index (χ1n) is 11.5. The lowest BCUT2D eigenvalue weighted by atomic mass is 9.83. The highest BCUT2D eigenvalue weighted by Crippen LogP contribution is 2.51. The Kier molecular flexibility index (Phi) is 7.18. The van der Waals surface area contributed by atoms with Gasteiger partial charge in [-0.3, -0.25) is 10.2 Å². The quantitative estimate of drug-likeness (QED) is 0.346. The molecule has 39 heavy (non-hydrogen) atoms. The molecule has 2 aromatic carbocycles. The van der Waals surface area contributed by atoms with Gasteiger partial charge in [0.2, 0.25) is 0 Å². The summed E-state index contributed by atoms with van der Waals surface area (Å²) in [5, 5.41) is 15.9. The van der Waals surface area contributed by atoms with E-state index >= 15 is 4.39 Å². The molecule has 0 aliphatic carbocycles. The summed E-state index contributed by atoms with van der Waals surface area (Å²) < 4.78 is 138. The molecule has 2 N–H and O–H groups in total. The van der Waals surface area contributed by atoms with Crippen molar-refractivity contribution in [1.29, 1.82) is 0 Å². The highest BCUT2D eigenvalue weighted by atomic mass is 19.4. The Labute approximate surface area is 215 Å². The molecule has 1 fully saturated rings. The van der Waals surface area contributed by atoms with Crippen LogP contribution in [0.3, 0.4) is 0 Å². The lowest BCUT2D eigenvalue weighted by Gasteiger charge is -2.46. The minimum Gasteiger partial charge on any atom is -0.374 e. The number of oxime groups is 1. The monoisotopic (exact) mass is 573 g/mol. The molecular weight excluding hydrogens is 552 g/mol. The maximum Gasteiger partial charge on any atom is 0.435 e. The number of aliphatic hydroxyl groups excluding tert-OH is 1. The van der Waals surface area contributed by atoms with Crippen LogP contribution in [0, 0.1) is 0 Å². The molecule has 1 saturated heterocycles. The molecule has 2 atom stereocenters. The zero-order valence-electron chi connectivity index (χ0n) is 20.0. The fourth-order valence-corrected chi connectivity index (χ4v) is 4.47. The van der Waals surface area contributed by atoms with E-state index in [0.717, 1.165) is 0 Å². The number of benzene rings is 2. The highest BCUT2D eigenvalue weighted by Gasteiger charge is 2.63. The van der Waals surface area contributed by atoms with Crippen molar-refractivity contribution in [3.05, 3.63) is 70.3 Å². The Morgan fingerprint density at radius 3 is 1.92 bits per heavy atom. The number of halogens is 10. The van der Waals surface area contributed by atoms with Crippen LogP contribution in [0.25, 0.3) is 0 Å². The van der Waals surface area contributed by atoms with Gasteiger partial charge >= 0.3 is 18.5 Å². The van der Waals surface area contributed by atoms with E-state index in [1.165, 1.54) is 29.2 Å². The minimum atomic E-state index is -5.46. The topological polar surface area (TPSA) is 57.1 Å². The third kappa shape index (κ3) is 5.43. The van der Waals surface area contributed by atoms with E-state index in [4.69, 9.17) is 0 Å². The number of hydrogen-bond acceptors (Lipinski definition) is 5. The summed E-state index contributed by atoms with van der Waals surface area (Å²) in [6.45, 7) is 1.85. The van der Waals surface area contributed by atoms with Crippen LogP contribution >= 0.6 is 0 Å². The summed E-state index contributed by atoms with van der Waals surface area (Å²) in [5.41, 5.74) is -11.0. The van der Waals surface area contributed by atoms with E-state index in [9.17, 15) is 44.6 Å². The van der Waals surface area contributed by atoms with Crippen molar-refractivity contribution in [2.75, 3.05) is 19.6 Å². The lowest BCUT2D eigenvalue weighted by molar-refractivity contribution is -0.276. The van der Waals surface area contributed by atoms with E-state index in [1.807, 2.05) is 0 Å². The van der Waals surface area contributed by atoms with Crippen LogP contribution in [0.1, 0.15) is 41.2 Å². The van der Waals surface area contributed by atoms with E-state index in [2.05, 4.69) is 15.3 Å². The smallest absolute Gasteiger partial charge is 0.374 e. The summed E-state index contributed by atoms with van der Waals surface area (Å²) in [4.78, 5) is 6.01. The molecule has 5 nitrogen and oxygen atoms in total. The number of nitrogens with zero attached hydrogens (tertiary/aromatic N) is 2. The van der Waals surface area contributed by atoms with Gasteiger partial charge in [-0.25, -0.2) is 4.39 Å². The van der Waals surface area contributed by atoms with Crippen LogP contribution in [-0.2, 0) is 28.5 Å². The second kappa shape index (κ2) is 9.63. The Hall–Kier alpha value is -2.91. The van der Waals surface area contributed by atoms with Gasteiger partial charge < -0.3 is 9.94 Å². The van der Waals surface area contributed by atoms with Crippen LogP contribution in [0.15, 0.2) is 47.6 Å². The molecular formula is C24H21F10N3O2. The number of aliphatic hydroxyl groups is 1. The third-order valence-electron chi connectivity index (χ3n) is 6.62. The normalized spacial score (nSPS) is 22.7. The number of likely N-dealkylation sites (tertiary alicyclic amines) is 1. The van der Waals surface area contributed by atoms with Gasteiger partial charge in [-0.1, -0.05) is 36.3 Å². The van der Waals surface area contributed by atoms with Gasteiger partial charge in [-0.05, 0) is 35.9 Å². The number of rotatable bonds is 6. The van der Waals surface area contributed by atoms with Crippen molar-refractivity contribution in [2.45, 2.75) is 49.5 Å². The summed E-state index contributed by atoms with van der Waals surface area (Å²) >= 11 is 0. The molecule has 2 aliphatic heterocycles. The standard InChI is InChI=1S/C24H21F10N3O2/c1-2-35-19(38)37-11-20(25,12-37)14-5-3-13(4-6-14)18-10-21(39-36-18,24(32,33)34)15-7-16(22(26,27)28)9-17(8-15)23(29,30)31/h3-9,19,35,38H,2,10-12H2,1H3. The SMILES string of the molecule is CCNC(O)N1CC(F)(c2ccc(C3=NOC(c4cc(C(F)(F)F)cc(C(F)(F)F)c4)(C(F)(F)F)C3)cc2)C1. The molecule has 0 aromatic heterocycles. The molecule has 0 radical (unpaired) electrons. The zero-order chi connectivity index (χ0) is 29.0. The Bertz CT molecular complexity index is 1200. The van der Waals surface area contributed by atoms with Gasteiger partial charge in [0, 0.05) is 25.1 Å². The molecule has 4 rings (SSSR count). The van der Waals surface area contributed by atoms with Gasteiger partial charge in [-0.15, -0.1) is 0 Å². The van der Waals surface area contributed by atoms with E-state index in [-0.39, 0.29) is 42.4 Å². The van der Waals surface area contributed by atoms with Gasteiger partial charge in [0.1, 0.15) is 0 Å². The largest absolute Gasteiger partial charge is 0.435 e. The second-order valence-corrected chi connectivity index (χ2v) is 9.30. The third-order valence-corrected chi connectivity index (χ3v) is 6.62. The fraction of sp³-hybridized carbons (Fsp3) is 0.458. The predicted octanol–water partition coefficient (Wildman–Crippen LogP) is 5.67. The van der Waals surface area contributed by atoms with Crippen LogP contribution in [0.2, 0.25) is 0 Å². The van der Waals surface area contributed by atoms with Crippen LogP contribution < -0.4 is 5.32 Å². The van der Waals surface area contributed by atoms with Crippen LogP contribution in [-0.4, -0.2) is 47.9 Å². The van der Waals surface area contributed by atoms with Crippen molar-refractivity contribution in [1.82, 2.24) is 10.2 Å². The molecule has 2 unspecified atom stereocenters. The first kappa shape index (κ1) is 29.1. The molecule has 214 valence electrons. The fourth-order valence-electron chi connectivity index (χ4n) is 4.47. The average Bonchev–Trinajstić information content (AvgIpc) is 3.28. The maximum atomic E-state index is 15.2. The lowest BCUT2D eigenvalue weighted by Crippen LogP contribution is -2.63. The predicted molar refractivity (Wildman–Crippen MR) is 117 cm³/mol. The molecule has 0 amide bonds. The first-order valence-corrected chi connectivity index (χ1v) is 11.5. The van der Waals surface area contributed by atoms with Crippen molar-refractivity contribution < 1.29 is 53.8 Å². The van der Waals surface area contributed by atoms with Crippen molar-refractivity contribution in [3.8, 4) is 0 Å². The van der Waals surface area contributed by atoms with E-state index in [1.54, 1.807) is 6.92 Å².